The highest BCUT2D eigenvalue weighted by atomic mass is 16.5. The van der Waals surface area contributed by atoms with Crippen LogP contribution in [0, 0.1) is 6.92 Å². The number of quaternary nitrogens is 1. The lowest BCUT2D eigenvalue weighted by Crippen LogP contribution is -3.11. The Balaban J connectivity index is 2.40. The maximum atomic E-state index is 5.80. The van der Waals surface area contributed by atoms with Crippen molar-refractivity contribution in [2.45, 2.75) is 13.3 Å². The van der Waals surface area contributed by atoms with Crippen LogP contribution in [0.3, 0.4) is 0 Å². The molecule has 3 heteroatoms. The number of hydrogen-bond acceptors (Lipinski definition) is 2. The van der Waals surface area contributed by atoms with E-state index in [2.05, 4.69) is 13.2 Å². The molecule has 0 saturated carbocycles. The van der Waals surface area contributed by atoms with Crippen LogP contribution in [0.5, 0.6) is 11.5 Å². The second-order valence-electron chi connectivity index (χ2n) is 4.84. The third-order valence-electron chi connectivity index (χ3n) is 3.12. The van der Waals surface area contributed by atoms with Crippen LogP contribution in [0.25, 0.3) is 0 Å². The van der Waals surface area contributed by atoms with Gasteiger partial charge in [0.15, 0.2) is 11.5 Å². The Bertz CT molecular complexity index is 419. The van der Waals surface area contributed by atoms with Crippen LogP contribution < -0.4 is 14.4 Å². The van der Waals surface area contributed by atoms with Crippen molar-refractivity contribution in [2.75, 3.05) is 33.4 Å². The van der Waals surface area contributed by atoms with Crippen molar-refractivity contribution in [3.8, 4) is 11.5 Å². The number of methoxy groups -OCH3 is 1. The fraction of sp³-hybridized carbons (Fsp3) is 0.412. The number of rotatable bonds is 10. The van der Waals surface area contributed by atoms with E-state index in [1.54, 1.807) is 7.11 Å². The highest BCUT2D eigenvalue weighted by molar-refractivity contribution is 5.42. The Labute approximate surface area is 122 Å². The van der Waals surface area contributed by atoms with Gasteiger partial charge in [-0.25, -0.2) is 0 Å². The summed E-state index contributed by atoms with van der Waals surface area (Å²) in [5.41, 5.74) is 1.17. The van der Waals surface area contributed by atoms with E-state index < -0.39 is 0 Å². The van der Waals surface area contributed by atoms with Gasteiger partial charge in [0.25, 0.3) is 0 Å². The predicted molar refractivity (Wildman–Crippen MR) is 83.8 cm³/mol. The molecule has 0 radical (unpaired) electrons. The lowest BCUT2D eigenvalue weighted by molar-refractivity contribution is -0.888. The minimum atomic E-state index is 0.692. The molecule has 0 aliphatic rings. The molecule has 0 spiro atoms. The highest BCUT2D eigenvalue weighted by Gasteiger charge is 2.06. The average molecular weight is 276 g/mol. The van der Waals surface area contributed by atoms with E-state index in [-0.39, 0.29) is 0 Å². The Morgan fingerprint density at radius 2 is 1.85 bits per heavy atom. The van der Waals surface area contributed by atoms with Crippen molar-refractivity contribution in [1.29, 1.82) is 0 Å². The molecule has 3 nitrogen and oxygen atoms in total. The van der Waals surface area contributed by atoms with Crippen LogP contribution in [-0.4, -0.2) is 33.4 Å². The van der Waals surface area contributed by atoms with Gasteiger partial charge in [0.1, 0.15) is 0 Å². The molecule has 0 bridgehead atoms. The first-order valence-electron chi connectivity index (χ1n) is 7.04. The zero-order chi connectivity index (χ0) is 14.8. The number of hydrogen-bond donors (Lipinski definition) is 1. The van der Waals surface area contributed by atoms with Crippen LogP contribution >= 0.6 is 0 Å². The predicted octanol–water partition coefficient (Wildman–Crippen LogP) is 2.03. The van der Waals surface area contributed by atoms with Crippen molar-refractivity contribution < 1.29 is 14.4 Å². The normalized spacial score (nSPS) is 10.3. The summed E-state index contributed by atoms with van der Waals surface area (Å²) < 4.78 is 11.1. The monoisotopic (exact) mass is 276 g/mol. The van der Waals surface area contributed by atoms with Gasteiger partial charge < -0.3 is 14.4 Å². The molecule has 0 amide bonds. The van der Waals surface area contributed by atoms with E-state index in [1.807, 2.05) is 37.3 Å². The highest BCUT2D eigenvalue weighted by Crippen LogP contribution is 2.27. The van der Waals surface area contributed by atoms with Gasteiger partial charge in [0, 0.05) is 6.42 Å². The van der Waals surface area contributed by atoms with Gasteiger partial charge in [-0.3, -0.25) is 0 Å². The summed E-state index contributed by atoms with van der Waals surface area (Å²) in [5.74, 6) is 1.61. The van der Waals surface area contributed by atoms with Crippen molar-refractivity contribution in [1.82, 2.24) is 0 Å². The first-order chi connectivity index (χ1) is 9.71. The summed E-state index contributed by atoms with van der Waals surface area (Å²) in [6, 6.07) is 5.99. The minimum Gasteiger partial charge on any atom is -0.493 e. The number of ether oxygens (including phenoxy) is 2. The van der Waals surface area contributed by atoms with Gasteiger partial charge in [-0.1, -0.05) is 19.2 Å². The standard InChI is InChI=1S/C17H25NO2/c1-5-10-18(11-6-2)12-7-13-20-16-9-8-15(3)14-17(16)19-4/h5-6,8-9,14H,1-2,7,10-13H2,3-4H3/p+1. The van der Waals surface area contributed by atoms with Crippen LogP contribution in [0.2, 0.25) is 0 Å². The van der Waals surface area contributed by atoms with Crippen LogP contribution in [0.1, 0.15) is 12.0 Å². The van der Waals surface area contributed by atoms with E-state index >= 15 is 0 Å². The molecule has 0 aliphatic heterocycles. The molecule has 0 saturated heterocycles. The third-order valence-corrected chi connectivity index (χ3v) is 3.12. The molecule has 1 rings (SSSR count). The molecule has 0 aliphatic carbocycles. The molecule has 1 N–H and O–H groups in total. The summed E-state index contributed by atoms with van der Waals surface area (Å²) in [7, 11) is 1.67. The Morgan fingerprint density at radius 3 is 2.45 bits per heavy atom. The number of benzene rings is 1. The van der Waals surface area contributed by atoms with Gasteiger partial charge in [0.05, 0.1) is 33.4 Å². The second-order valence-corrected chi connectivity index (χ2v) is 4.84. The molecule has 1 aromatic rings. The molecular formula is C17H26NO2+. The minimum absolute atomic E-state index is 0.692. The van der Waals surface area contributed by atoms with Crippen molar-refractivity contribution in [2.24, 2.45) is 0 Å². The third kappa shape index (κ3) is 5.49. The summed E-state index contributed by atoms with van der Waals surface area (Å²) >= 11 is 0. The van der Waals surface area contributed by atoms with Gasteiger partial charge in [0.2, 0.25) is 0 Å². The second kappa shape index (κ2) is 9.21. The first-order valence-corrected chi connectivity index (χ1v) is 7.04. The summed E-state index contributed by atoms with van der Waals surface area (Å²) in [4.78, 5) is 1.45. The van der Waals surface area contributed by atoms with Crippen molar-refractivity contribution >= 4 is 0 Å². The van der Waals surface area contributed by atoms with Gasteiger partial charge in [-0.15, -0.1) is 0 Å². The number of aryl methyl sites for hydroxylation is 1. The van der Waals surface area contributed by atoms with Gasteiger partial charge >= 0.3 is 0 Å². The molecule has 0 aromatic heterocycles. The van der Waals surface area contributed by atoms with E-state index in [9.17, 15) is 0 Å². The number of nitrogens with one attached hydrogen (secondary N) is 1. The van der Waals surface area contributed by atoms with E-state index in [1.165, 1.54) is 10.5 Å². The van der Waals surface area contributed by atoms with E-state index in [0.29, 0.717) is 6.61 Å². The lowest BCUT2D eigenvalue weighted by atomic mass is 10.2. The molecular weight excluding hydrogens is 250 g/mol. The molecule has 110 valence electrons. The fourth-order valence-electron chi connectivity index (χ4n) is 2.09. The van der Waals surface area contributed by atoms with Crippen molar-refractivity contribution in [3.05, 3.63) is 49.1 Å². The smallest absolute Gasteiger partial charge is 0.161 e. The Kier molecular flexibility index (Phi) is 7.51. The molecule has 0 atom stereocenters. The summed E-state index contributed by atoms with van der Waals surface area (Å²) in [5, 5.41) is 0. The molecule has 0 fully saturated rings. The van der Waals surface area contributed by atoms with Gasteiger partial charge in [-0.05, 0) is 36.8 Å². The van der Waals surface area contributed by atoms with Crippen LogP contribution in [0.15, 0.2) is 43.5 Å². The largest absolute Gasteiger partial charge is 0.493 e. The molecule has 0 unspecified atom stereocenters. The summed E-state index contributed by atoms with van der Waals surface area (Å²) in [6.07, 6.45) is 4.89. The molecule has 20 heavy (non-hydrogen) atoms. The van der Waals surface area contributed by atoms with Gasteiger partial charge in [-0.2, -0.15) is 0 Å². The van der Waals surface area contributed by atoms with Crippen molar-refractivity contribution in [3.63, 3.8) is 0 Å². The fourth-order valence-corrected chi connectivity index (χ4v) is 2.09. The lowest BCUT2D eigenvalue weighted by Gasteiger charge is -2.16. The Morgan fingerprint density at radius 1 is 1.15 bits per heavy atom. The first kappa shape index (κ1) is 16.3. The Hall–Kier alpha value is -1.74. The molecule has 0 heterocycles. The topological polar surface area (TPSA) is 22.9 Å². The zero-order valence-electron chi connectivity index (χ0n) is 12.7. The van der Waals surface area contributed by atoms with E-state index in [0.717, 1.165) is 37.6 Å². The summed E-state index contributed by atoms with van der Waals surface area (Å²) in [6.45, 7) is 13.3. The zero-order valence-corrected chi connectivity index (χ0v) is 12.7. The maximum Gasteiger partial charge on any atom is 0.161 e. The SMILES string of the molecule is C=CC[NH+](CC=C)CCCOc1ccc(C)cc1OC. The quantitative estimate of drug-likeness (QED) is 0.522. The average Bonchev–Trinajstić information content (AvgIpc) is 2.45. The van der Waals surface area contributed by atoms with Crippen LogP contribution in [-0.2, 0) is 0 Å². The molecule has 1 aromatic carbocycles. The van der Waals surface area contributed by atoms with E-state index in [4.69, 9.17) is 9.47 Å². The van der Waals surface area contributed by atoms with Crippen LogP contribution in [0.4, 0.5) is 0 Å². The maximum absolute atomic E-state index is 5.80.